The fraction of sp³-hybridized carbons (Fsp3) is 0.267. The zero-order chi connectivity index (χ0) is 17.0. The summed E-state index contributed by atoms with van der Waals surface area (Å²) in [5.41, 5.74) is -1.25. The number of halogens is 6. The first-order valence-corrected chi connectivity index (χ1v) is 6.39. The van der Waals surface area contributed by atoms with Gasteiger partial charge >= 0.3 is 12.4 Å². The topological polar surface area (TPSA) is 12.9 Å². The van der Waals surface area contributed by atoms with Gasteiger partial charge in [0.1, 0.15) is 0 Å². The lowest BCUT2D eigenvalue weighted by atomic mass is 10.1. The van der Waals surface area contributed by atoms with Gasteiger partial charge in [-0.25, -0.2) is 0 Å². The molecule has 1 aromatic carbocycles. The molecule has 0 spiro atoms. The monoisotopic (exact) mass is 321 g/mol. The van der Waals surface area contributed by atoms with Gasteiger partial charge in [0, 0.05) is 11.8 Å². The van der Waals surface area contributed by atoms with Crippen LogP contribution >= 0.6 is 0 Å². The maximum atomic E-state index is 12.4. The molecule has 0 bridgehead atoms. The van der Waals surface area contributed by atoms with Gasteiger partial charge in [-0.1, -0.05) is 26.0 Å². The van der Waals surface area contributed by atoms with Crippen molar-refractivity contribution in [3.05, 3.63) is 53.7 Å². The second-order valence-electron chi connectivity index (χ2n) is 4.00. The van der Waals surface area contributed by atoms with E-state index in [1.54, 1.807) is 0 Å². The summed E-state index contributed by atoms with van der Waals surface area (Å²) in [5.74, 6) is 0. The Morgan fingerprint density at radius 3 is 1.50 bits per heavy atom. The highest BCUT2D eigenvalue weighted by Crippen LogP contribution is 2.32. The third-order valence-electron chi connectivity index (χ3n) is 2.60. The highest BCUT2D eigenvalue weighted by atomic mass is 19.4. The van der Waals surface area contributed by atoms with E-state index in [2.05, 4.69) is 4.98 Å². The molecule has 0 N–H and O–H groups in total. The largest absolute Gasteiger partial charge is 0.417 e. The minimum Gasteiger partial charge on any atom is -0.256 e. The van der Waals surface area contributed by atoms with Crippen LogP contribution in [0.25, 0.3) is 11.3 Å². The smallest absolute Gasteiger partial charge is 0.256 e. The standard InChI is InChI=1S/C13H7F6N.C2H6/c14-12(15,16)9-3-1-8(2-4-9)11-6-5-10(7-20-11)13(17,18)19;1-2/h1-7H;1-2H3. The maximum Gasteiger partial charge on any atom is 0.417 e. The van der Waals surface area contributed by atoms with Gasteiger partial charge in [0.15, 0.2) is 0 Å². The molecule has 1 heterocycles. The van der Waals surface area contributed by atoms with E-state index in [4.69, 9.17) is 0 Å². The van der Waals surface area contributed by atoms with Crippen LogP contribution in [0.3, 0.4) is 0 Å². The maximum absolute atomic E-state index is 12.4. The van der Waals surface area contributed by atoms with E-state index in [0.717, 1.165) is 24.3 Å². The SMILES string of the molecule is CC.FC(F)(F)c1ccc(-c2ccc(C(F)(F)F)cn2)cc1. The van der Waals surface area contributed by atoms with Gasteiger partial charge in [-0.05, 0) is 24.3 Å². The molecule has 0 saturated carbocycles. The highest BCUT2D eigenvalue weighted by Gasteiger charge is 2.31. The van der Waals surface area contributed by atoms with Crippen molar-refractivity contribution in [3.63, 3.8) is 0 Å². The van der Waals surface area contributed by atoms with Crippen molar-refractivity contribution in [1.29, 1.82) is 0 Å². The minimum atomic E-state index is -4.49. The Kier molecular flexibility index (Phi) is 5.57. The molecule has 22 heavy (non-hydrogen) atoms. The van der Waals surface area contributed by atoms with Crippen LogP contribution in [0.4, 0.5) is 26.3 Å². The van der Waals surface area contributed by atoms with Crippen LogP contribution in [-0.4, -0.2) is 4.98 Å². The predicted molar refractivity (Wildman–Crippen MR) is 71.0 cm³/mol. The van der Waals surface area contributed by atoms with Crippen molar-refractivity contribution in [3.8, 4) is 11.3 Å². The fourth-order valence-electron chi connectivity index (χ4n) is 1.56. The zero-order valence-corrected chi connectivity index (χ0v) is 11.8. The van der Waals surface area contributed by atoms with E-state index in [0.29, 0.717) is 11.8 Å². The summed E-state index contributed by atoms with van der Waals surface area (Å²) < 4.78 is 74.1. The Bertz CT molecular complexity index is 526. The molecule has 1 nitrogen and oxygen atoms in total. The van der Waals surface area contributed by atoms with Crippen molar-refractivity contribution >= 4 is 0 Å². The predicted octanol–water partition coefficient (Wildman–Crippen LogP) is 5.81. The van der Waals surface area contributed by atoms with Gasteiger partial charge in [0.25, 0.3) is 0 Å². The quantitative estimate of drug-likeness (QED) is 0.604. The number of hydrogen-bond donors (Lipinski definition) is 0. The average molecular weight is 321 g/mol. The molecule has 1 aromatic heterocycles. The van der Waals surface area contributed by atoms with E-state index >= 15 is 0 Å². The molecule has 0 atom stereocenters. The second-order valence-corrected chi connectivity index (χ2v) is 4.00. The third kappa shape index (κ3) is 4.47. The molecule has 120 valence electrons. The number of aromatic nitrogens is 1. The van der Waals surface area contributed by atoms with E-state index in [1.165, 1.54) is 12.1 Å². The normalized spacial score (nSPS) is 11.6. The Morgan fingerprint density at radius 2 is 1.14 bits per heavy atom. The second kappa shape index (κ2) is 6.81. The van der Waals surface area contributed by atoms with E-state index < -0.39 is 23.5 Å². The fourth-order valence-corrected chi connectivity index (χ4v) is 1.56. The van der Waals surface area contributed by atoms with Gasteiger partial charge < -0.3 is 0 Å². The first-order chi connectivity index (χ1) is 10.2. The molecule has 0 aliphatic rings. The number of pyridine rings is 1. The molecule has 0 fully saturated rings. The molecule has 2 aromatic rings. The van der Waals surface area contributed by atoms with Crippen LogP contribution in [0.15, 0.2) is 42.6 Å². The van der Waals surface area contributed by atoms with E-state index in [1.807, 2.05) is 13.8 Å². The zero-order valence-electron chi connectivity index (χ0n) is 11.8. The lowest BCUT2D eigenvalue weighted by Gasteiger charge is -2.09. The number of hydrogen-bond acceptors (Lipinski definition) is 1. The van der Waals surface area contributed by atoms with Crippen molar-refractivity contribution in [2.75, 3.05) is 0 Å². The Labute approximate surface area is 123 Å². The van der Waals surface area contributed by atoms with Crippen molar-refractivity contribution < 1.29 is 26.3 Å². The molecular formula is C15H13F6N. The lowest BCUT2D eigenvalue weighted by molar-refractivity contribution is -0.138. The number of alkyl halides is 6. The van der Waals surface area contributed by atoms with Crippen LogP contribution in [0.1, 0.15) is 25.0 Å². The Hall–Kier alpha value is -2.05. The summed E-state index contributed by atoms with van der Waals surface area (Å²) in [5, 5.41) is 0. The van der Waals surface area contributed by atoms with Crippen molar-refractivity contribution in [1.82, 2.24) is 4.98 Å². The molecule has 0 saturated heterocycles. The summed E-state index contributed by atoms with van der Waals surface area (Å²) in [4.78, 5) is 3.61. The third-order valence-corrected chi connectivity index (χ3v) is 2.60. The Balaban J connectivity index is 0.00000116. The number of rotatable bonds is 1. The molecule has 0 unspecified atom stereocenters. The van der Waals surface area contributed by atoms with Gasteiger partial charge in [-0.15, -0.1) is 0 Å². The average Bonchev–Trinajstić information content (AvgIpc) is 2.48. The summed E-state index contributed by atoms with van der Waals surface area (Å²) in [7, 11) is 0. The first kappa shape index (κ1) is 18.0. The van der Waals surface area contributed by atoms with E-state index in [9.17, 15) is 26.3 Å². The molecule has 0 amide bonds. The summed E-state index contributed by atoms with van der Waals surface area (Å²) >= 11 is 0. The van der Waals surface area contributed by atoms with Gasteiger partial charge in [-0.3, -0.25) is 4.98 Å². The molecule has 0 aliphatic heterocycles. The minimum absolute atomic E-state index is 0.173. The molecule has 0 aliphatic carbocycles. The summed E-state index contributed by atoms with van der Waals surface area (Å²) in [6, 6.07) is 5.99. The van der Waals surface area contributed by atoms with Crippen LogP contribution < -0.4 is 0 Å². The van der Waals surface area contributed by atoms with Crippen LogP contribution in [0.5, 0.6) is 0 Å². The highest BCUT2D eigenvalue weighted by molar-refractivity contribution is 5.59. The summed E-state index contributed by atoms with van der Waals surface area (Å²) in [6.07, 6.45) is -8.30. The van der Waals surface area contributed by atoms with E-state index in [-0.39, 0.29) is 5.69 Å². The molecule has 7 heteroatoms. The van der Waals surface area contributed by atoms with Crippen molar-refractivity contribution in [2.45, 2.75) is 26.2 Å². The van der Waals surface area contributed by atoms with Gasteiger partial charge in [0.2, 0.25) is 0 Å². The molecule has 2 rings (SSSR count). The molecular weight excluding hydrogens is 308 g/mol. The lowest BCUT2D eigenvalue weighted by Crippen LogP contribution is -2.05. The van der Waals surface area contributed by atoms with Gasteiger partial charge in [0.05, 0.1) is 16.8 Å². The van der Waals surface area contributed by atoms with Crippen LogP contribution in [0.2, 0.25) is 0 Å². The van der Waals surface area contributed by atoms with Crippen LogP contribution in [-0.2, 0) is 12.4 Å². The molecule has 0 radical (unpaired) electrons. The van der Waals surface area contributed by atoms with Crippen LogP contribution in [0, 0.1) is 0 Å². The number of nitrogens with zero attached hydrogens (tertiary/aromatic N) is 1. The van der Waals surface area contributed by atoms with Gasteiger partial charge in [-0.2, -0.15) is 26.3 Å². The first-order valence-electron chi connectivity index (χ1n) is 6.39. The Morgan fingerprint density at radius 1 is 0.682 bits per heavy atom. The van der Waals surface area contributed by atoms with Crippen molar-refractivity contribution in [2.24, 2.45) is 0 Å². The number of benzene rings is 1. The summed E-state index contributed by atoms with van der Waals surface area (Å²) in [6.45, 7) is 4.00.